The number of amides is 1. The molecule has 3 rings (SSSR count). The summed E-state index contributed by atoms with van der Waals surface area (Å²) < 4.78 is 14.7. The Morgan fingerprint density at radius 2 is 1.82 bits per heavy atom. The molecule has 0 saturated carbocycles. The number of halogens is 1. The van der Waals surface area contributed by atoms with Gasteiger partial charge in [0.15, 0.2) is 0 Å². The van der Waals surface area contributed by atoms with Crippen molar-refractivity contribution in [1.29, 1.82) is 0 Å². The van der Waals surface area contributed by atoms with Crippen molar-refractivity contribution in [2.75, 3.05) is 0 Å². The summed E-state index contributed by atoms with van der Waals surface area (Å²) in [7, 11) is 0. The van der Waals surface area contributed by atoms with Crippen molar-refractivity contribution in [3.63, 3.8) is 0 Å². The van der Waals surface area contributed by atoms with Gasteiger partial charge in [-0.2, -0.15) is 0 Å². The molecule has 6 nitrogen and oxygen atoms in total. The highest BCUT2D eigenvalue weighted by atomic mass is 19.1. The van der Waals surface area contributed by atoms with Crippen LogP contribution < -0.4 is 5.32 Å². The summed E-state index contributed by atoms with van der Waals surface area (Å²) in [6.07, 6.45) is 5.53. The van der Waals surface area contributed by atoms with Crippen LogP contribution in [-0.2, 0) is 17.6 Å². The molecule has 0 fully saturated rings. The topological polar surface area (TPSA) is 76.9 Å². The van der Waals surface area contributed by atoms with E-state index in [9.17, 15) is 14.0 Å². The van der Waals surface area contributed by atoms with Crippen LogP contribution in [-0.4, -0.2) is 26.3 Å². The zero-order valence-corrected chi connectivity index (χ0v) is 20.6. The van der Waals surface area contributed by atoms with E-state index in [1.54, 1.807) is 23.8 Å². The maximum absolute atomic E-state index is 13.2. The highest BCUT2D eigenvalue weighted by molar-refractivity contribution is 5.78. The van der Waals surface area contributed by atoms with Crippen molar-refractivity contribution in [2.24, 2.45) is 5.41 Å². The van der Waals surface area contributed by atoms with Crippen molar-refractivity contribution in [1.82, 2.24) is 19.9 Å². The Labute approximate surface area is 200 Å². The number of carbonyl (C=O) groups excluding carboxylic acids is 2. The van der Waals surface area contributed by atoms with Gasteiger partial charge in [-0.3, -0.25) is 19.1 Å². The molecule has 3 aromatic rings. The molecule has 2 heterocycles. The van der Waals surface area contributed by atoms with Crippen LogP contribution in [0.2, 0.25) is 0 Å². The summed E-state index contributed by atoms with van der Waals surface area (Å²) in [6, 6.07) is 10.3. The van der Waals surface area contributed by atoms with E-state index in [0.29, 0.717) is 24.4 Å². The molecule has 1 atom stereocenters. The molecule has 7 heteroatoms. The molecule has 0 aliphatic carbocycles. The first-order chi connectivity index (χ1) is 16.1. The number of aromatic nitrogens is 3. The lowest BCUT2D eigenvalue weighted by molar-refractivity contribution is -0.121. The lowest BCUT2D eigenvalue weighted by Gasteiger charge is -2.21. The summed E-state index contributed by atoms with van der Waals surface area (Å²) >= 11 is 0. The Bertz CT molecular complexity index is 1130. The second-order valence-electron chi connectivity index (χ2n) is 9.41. The van der Waals surface area contributed by atoms with E-state index in [4.69, 9.17) is 4.98 Å². The maximum atomic E-state index is 13.2. The SMILES string of the molecule is CCC(=O)NC(Cc1ccc(-c2ccc(F)cn2)cc1)c1nc(CC(C)(C)CC)cn1C(C)=O. The number of carbonyl (C=O) groups is 2. The van der Waals surface area contributed by atoms with Gasteiger partial charge in [0.1, 0.15) is 11.6 Å². The summed E-state index contributed by atoms with van der Waals surface area (Å²) in [5.41, 5.74) is 3.41. The summed E-state index contributed by atoms with van der Waals surface area (Å²) in [4.78, 5) is 33.7. The van der Waals surface area contributed by atoms with Gasteiger partial charge in [-0.25, -0.2) is 9.37 Å². The average molecular weight is 465 g/mol. The number of hydrogen-bond acceptors (Lipinski definition) is 4. The fourth-order valence-corrected chi connectivity index (χ4v) is 3.74. The minimum absolute atomic E-state index is 0.0552. The Hall–Kier alpha value is -3.35. The second kappa shape index (κ2) is 10.7. The Balaban J connectivity index is 1.91. The predicted octanol–water partition coefficient (Wildman–Crippen LogP) is 5.53. The molecule has 0 spiro atoms. The minimum atomic E-state index is -0.454. The van der Waals surface area contributed by atoms with Crippen molar-refractivity contribution < 1.29 is 14.0 Å². The van der Waals surface area contributed by atoms with Gasteiger partial charge >= 0.3 is 0 Å². The van der Waals surface area contributed by atoms with Gasteiger partial charge < -0.3 is 5.32 Å². The number of pyridine rings is 1. The van der Waals surface area contributed by atoms with Gasteiger partial charge in [0.05, 0.1) is 23.6 Å². The first-order valence-corrected chi connectivity index (χ1v) is 11.7. The molecule has 0 bridgehead atoms. The van der Waals surface area contributed by atoms with Crippen LogP contribution in [0, 0.1) is 11.2 Å². The van der Waals surface area contributed by atoms with Gasteiger partial charge in [-0.05, 0) is 36.0 Å². The number of imidazole rings is 1. The van der Waals surface area contributed by atoms with Gasteiger partial charge in [0.25, 0.3) is 0 Å². The average Bonchev–Trinajstić information content (AvgIpc) is 3.23. The number of rotatable bonds is 9. The number of benzene rings is 1. The quantitative estimate of drug-likeness (QED) is 0.451. The fourth-order valence-electron chi connectivity index (χ4n) is 3.74. The monoisotopic (exact) mass is 464 g/mol. The second-order valence-corrected chi connectivity index (χ2v) is 9.41. The molecule has 1 amide bonds. The van der Waals surface area contributed by atoms with Crippen molar-refractivity contribution >= 4 is 11.8 Å². The Kier molecular flexibility index (Phi) is 7.97. The molecule has 1 aromatic carbocycles. The normalized spacial score (nSPS) is 12.4. The van der Waals surface area contributed by atoms with Gasteiger partial charge in [0.2, 0.25) is 11.8 Å². The number of nitrogens with zero attached hydrogens (tertiary/aromatic N) is 3. The van der Waals surface area contributed by atoms with Crippen LogP contribution in [0.1, 0.15) is 75.4 Å². The first-order valence-electron chi connectivity index (χ1n) is 11.7. The largest absolute Gasteiger partial charge is 0.346 e. The predicted molar refractivity (Wildman–Crippen MR) is 131 cm³/mol. The molecule has 2 aromatic heterocycles. The minimum Gasteiger partial charge on any atom is -0.346 e. The Morgan fingerprint density at radius 1 is 1.12 bits per heavy atom. The Morgan fingerprint density at radius 3 is 2.38 bits per heavy atom. The lowest BCUT2D eigenvalue weighted by Crippen LogP contribution is -2.32. The van der Waals surface area contributed by atoms with E-state index in [1.165, 1.54) is 19.2 Å². The van der Waals surface area contributed by atoms with Crippen LogP contribution in [0.25, 0.3) is 11.3 Å². The van der Waals surface area contributed by atoms with Gasteiger partial charge in [-0.1, -0.05) is 58.4 Å². The molecule has 1 unspecified atom stereocenters. The highest BCUT2D eigenvalue weighted by Gasteiger charge is 2.25. The van der Waals surface area contributed by atoms with E-state index in [-0.39, 0.29) is 23.0 Å². The van der Waals surface area contributed by atoms with E-state index in [2.05, 4.69) is 31.1 Å². The third-order valence-electron chi connectivity index (χ3n) is 6.12. The van der Waals surface area contributed by atoms with Crippen molar-refractivity contribution in [2.45, 2.75) is 66.3 Å². The smallest absolute Gasteiger partial charge is 0.228 e. The standard InChI is InChI=1S/C27H33FN4O2/c1-6-25(34)31-24(26-30-22(15-27(4,5)7-2)17-32(26)18(3)33)14-19-8-10-20(11-9-19)23-13-12-21(28)16-29-23/h8-13,16-17,24H,6-7,14-15H2,1-5H3,(H,31,34). The van der Waals surface area contributed by atoms with Crippen LogP contribution >= 0.6 is 0 Å². The maximum Gasteiger partial charge on any atom is 0.228 e. The number of hydrogen-bond donors (Lipinski definition) is 1. The van der Waals surface area contributed by atoms with Crippen molar-refractivity contribution in [3.05, 3.63) is 71.7 Å². The van der Waals surface area contributed by atoms with Gasteiger partial charge in [-0.15, -0.1) is 0 Å². The number of nitrogens with one attached hydrogen (secondary N) is 1. The van der Waals surface area contributed by atoms with Crippen LogP contribution in [0.3, 0.4) is 0 Å². The summed E-state index contributed by atoms with van der Waals surface area (Å²) in [5.74, 6) is -0.0831. The van der Waals surface area contributed by atoms with Crippen LogP contribution in [0.4, 0.5) is 4.39 Å². The molecule has 180 valence electrons. The molecular formula is C27H33FN4O2. The third kappa shape index (κ3) is 6.37. The summed E-state index contributed by atoms with van der Waals surface area (Å²) in [5, 5.41) is 3.04. The van der Waals surface area contributed by atoms with E-state index >= 15 is 0 Å². The zero-order chi connectivity index (χ0) is 24.9. The molecule has 0 aliphatic heterocycles. The summed E-state index contributed by atoms with van der Waals surface area (Å²) in [6.45, 7) is 9.78. The lowest BCUT2D eigenvalue weighted by atomic mass is 9.85. The van der Waals surface area contributed by atoms with E-state index < -0.39 is 6.04 Å². The van der Waals surface area contributed by atoms with Gasteiger partial charge in [0, 0.05) is 25.1 Å². The van der Waals surface area contributed by atoms with Crippen LogP contribution in [0.5, 0.6) is 0 Å². The molecule has 0 radical (unpaired) electrons. The first kappa shape index (κ1) is 25.3. The molecular weight excluding hydrogens is 431 g/mol. The fraction of sp³-hybridized carbons (Fsp3) is 0.407. The van der Waals surface area contributed by atoms with E-state index in [0.717, 1.165) is 29.7 Å². The highest BCUT2D eigenvalue weighted by Crippen LogP contribution is 2.27. The van der Waals surface area contributed by atoms with E-state index in [1.807, 2.05) is 24.3 Å². The zero-order valence-electron chi connectivity index (χ0n) is 20.6. The molecule has 1 N–H and O–H groups in total. The van der Waals surface area contributed by atoms with Crippen molar-refractivity contribution in [3.8, 4) is 11.3 Å². The molecule has 34 heavy (non-hydrogen) atoms. The third-order valence-corrected chi connectivity index (χ3v) is 6.12. The molecule has 0 aliphatic rings. The van der Waals surface area contributed by atoms with Crippen LogP contribution in [0.15, 0.2) is 48.8 Å². The molecule has 0 saturated heterocycles.